The number of aromatic nitrogens is 3. The highest BCUT2D eigenvalue weighted by Crippen LogP contribution is 2.35. The SMILES string of the molecule is CCN1c2nc3ccccc3nc2[NH+](CC)C1/C=C/c1c(-c2ccccc2)n(C)c2ccccc12.[I-]. The summed E-state index contributed by atoms with van der Waals surface area (Å²) < 4.78 is 2.31. The van der Waals surface area contributed by atoms with Gasteiger partial charge >= 0.3 is 0 Å². The van der Waals surface area contributed by atoms with Crippen LogP contribution in [0.15, 0.2) is 84.9 Å². The van der Waals surface area contributed by atoms with Gasteiger partial charge < -0.3 is 28.5 Å². The zero-order chi connectivity index (χ0) is 23.9. The third-order valence-electron chi connectivity index (χ3n) is 7.18. The van der Waals surface area contributed by atoms with E-state index in [4.69, 9.17) is 9.97 Å². The molecule has 0 radical (unpaired) electrons. The van der Waals surface area contributed by atoms with Gasteiger partial charge in [0.15, 0.2) is 6.17 Å². The number of hydrogen-bond donors (Lipinski definition) is 1. The quantitative estimate of drug-likeness (QED) is 0.321. The van der Waals surface area contributed by atoms with Crippen molar-refractivity contribution in [1.29, 1.82) is 0 Å². The second-order valence-corrected chi connectivity index (χ2v) is 9.06. The van der Waals surface area contributed by atoms with Crippen molar-refractivity contribution in [3.63, 3.8) is 0 Å². The van der Waals surface area contributed by atoms with Gasteiger partial charge in [-0.1, -0.05) is 60.7 Å². The van der Waals surface area contributed by atoms with Crippen molar-refractivity contribution in [3.05, 3.63) is 90.5 Å². The number of likely N-dealkylation sites (N-methyl/N-ethyl adjacent to an activating group) is 2. The van der Waals surface area contributed by atoms with Gasteiger partial charge in [-0.15, -0.1) is 0 Å². The molecule has 5 nitrogen and oxygen atoms in total. The highest BCUT2D eigenvalue weighted by molar-refractivity contribution is 5.97. The average Bonchev–Trinajstić information content (AvgIpc) is 3.36. The maximum absolute atomic E-state index is 5.05. The third kappa shape index (κ3) is 3.89. The molecule has 0 bridgehead atoms. The van der Waals surface area contributed by atoms with Crippen LogP contribution in [0.3, 0.4) is 0 Å². The van der Waals surface area contributed by atoms with Crippen LogP contribution in [0.5, 0.6) is 0 Å². The highest BCUT2D eigenvalue weighted by Gasteiger charge is 2.40. The van der Waals surface area contributed by atoms with Crippen LogP contribution in [-0.2, 0) is 7.05 Å². The van der Waals surface area contributed by atoms with Crippen LogP contribution in [0.2, 0.25) is 0 Å². The van der Waals surface area contributed by atoms with Gasteiger partial charge in [0.1, 0.15) is 0 Å². The first kappa shape index (κ1) is 24.5. The van der Waals surface area contributed by atoms with Crippen molar-refractivity contribution < 1.29 is 28.9 Å². The second-order valence-electron chi connectivity index (χ2n) is 9.06. The first-order valence-corrected chi connectivity index (χ1v) is 12.4. The molecule has 3 heterocycles. The van der Waals surface area contributed by atoms with Crippen molar-refractivity contribution in [1.82, 2.24) is 14.5 Å². The Balaban J connectivity index is 0.00000267. The molecule has 36 heavy (non-hydrogen) atoms. The summed E-state index contributed by atoms with van der Waals surface area (Å²) in [5.74, 6) is 2.04. The summed E-state index contributed by atoms with van der Waals surface area (Å²) in [7, 11) is 2.16. The molecule has 2 unspecified atom stereocenters. The number of benzene rings is 3. The number of rotatable bonds is 5. The Labute approximate surface area is 229 Å². The summed E-state index contributed by atoms with van der Waals surface area (Å²) in [6, 6.07) is 27.5. The van der Waals surface area contributed by atoms with Crippen LogP contribution < -0.4 is 33.8 Å². The zero-order valence-electron chi connectivity index (χ0n) is 20.8. The molecule has 1 aliphatic rings. The standard InChI is InChI=1S/C30H29N5.HI/c1-4-34-27(35(5-2)30-29(34)31-24-16-10-11-17-25(24)32-30)20-19-23-22-15-9-12-18-26(22)33(3)28(23)21-13-7-6-8-14-21;/h6-20,27H,4-5H2,1-3H3;1H/b20-19+;. The number of halogens is 1. The fraction of sp³-hybridized carbons (Fsp3) is 0.200. The lowest BCUT2D eigenvalue weighted by Crippen LogP contribution is -3.11. The van der Waals surface area contributed by atoms with Gasteiger partial charge in [-0.25, -0.2) is 4.98 Å². The molecule has 0 amide bonds. The molecule has 0 spiro atoms. The second kappa shape index (κ2) is 10.0. The van der Waals surface area contributed by atoms with E-state index in [2.05, 4.69) is 103 Å². The molecule has 2 atom stereocenters. The number of hydrogen-bond acceptors (Lipinski definition) is 3. The van der Waals surface area contributed by atoms with E-state index in [1.54, 1.807) is 0 Å². The first-order valence-electron chi connectivity index (χ1n) is 12.4. The number of nitrogens with zero attached hydrogens (tertiary/aromatic N) is 4. The van der Waals surface area contributed by atoms with Crippen LogP contribution in [-0.4, -0.2) is 33.8 Å². The Kier molecular flexibility index (Phi) is 6.81. The van der Waals surface area contributed by atoms with Gasteiger partial charge in [0.05, 0.1) is 23.3 Å². The van der Waals surface area contributed by atoms with Crippen molar-refractivity contribution in [2.24, 2.45) is 7.05 Å². The van der Waals surface area contributed by atoms with E-state index < -0.39 is 0 Å². The minimum Gasteiger partial charge on any atom is -1.00 e. The molecule has 3 aromatic carbocycles. The predicted molar refractivity (Wildman–Crippen MR) is 145 cm³/mol. The number of aryl methyl sites for hydroxylation is 1. The molecule has 0 saturated heterocycles. The van der Waals surface area contributed by atoms with E-state index in [0.29, 0.717) is 0 Å². The van der Waals surface area contributed by atoms with Crippen molar-refractivity contribution >= 4 is 39.6 Å². The predicted octanol–water partition coefficient (Wildman–Crippen LogP) is 2.21. The van der Waals surface area contributed by atoms with Gasteiger partial charge in [-0.2, -0.15) is 4.98 Å². The Bertz CT molecular complexity index is 1510. The molecule has 1 N–H and O–H groups in total. The maximum Gasteiger partial charge on any atom is 0.272 e. The third-order valence-corrected chi connectivity index (χ3v) is 7.18. The number of anilines is 1. The number of nitrogens with one attached hydrogen (secondary N) is 1. The average molecular weight is 588 g/mol. The summed E-state index contributed by atoms with van der Waals surface area (Å²) >= 11 is 0. The van der Waals surface area contributed by atoms with E-state index in [1.807, 2.05) is 18.2 Å². The van der Waals surface area contributed by atoms with E-state index in [9.17, 15) is 0 Å². The molecule has 182 valence electrons. The molecule has 2 aromatic heterocycles. The molecule has 0 saturated carbocycles. The Morgan fingerprint density at radius 2 is 1.53 bits per heavy atom. The lowest BCUT2D eigenvalue weighted by molar-refractivity contribution is -0.846. The molecule has 1 aliphatic heterocycles. The number of quaternary nitrogens is 1. The Morgan fingerprint density at radius 3 is 2.25 bits per heavy atom. The molecule has 5 aromatic rings. The summed E-state index contributed by atoms with van der Waals surface area (Å²) in [6.07, 6.45) is 4.81. The summed E-state index contributed by atoms with van der Waals surface area (Å²) in [6.45, 7) is 6.24. The minimum atomic E-state index is 0. The molecule has 6 rings (SSSR count). The summed E-state index contributed by atoms with van der Waals surface area (Å²) in [4.78, 5) is 13.8. The lowest BCUT2D eigenvalue weighted by atomic mass is 10.0. The van der Waals surface area contributed by atoms with Crippen LogP contribution in [0.25, 0.3) is 39.3 Å². The van der Waals surface area contributed by atoms with E-state index in [-0.39, 0.29) is 30.1 Å². The van der Waals surface area contributed by atoms with Crippen molar-refractivity contribution in [3.8, 4) is 11.3 Å². The van der Waals surface area contributed by atoms with Crippen LogP contribution >= 0.6 is 0 Å². The van der Waals surface area contributed by atoms with Gasteiger partial charge in [-0.3, -0.25) is 9.80 Å². The van der Waals surface area contributed by atoms with Crippen LogP contribution in [0.4, 0.5) is 11.6 Å². The summed E-state index contributed by atoms with van der Waals surface area (Å²) in [5.41, 5.74) is 6.86. The molecule has 6 heteroatoms. The maximum atomic E-state index is 5.05. The van der Waals surface area contributed by atoms with Gasteiger partial charge in [0, 0.05) is 30.1 Å². The van der Waals surface area contributed by atoms with Crippen molar-refractivity contribution in [2.45, 2.75) is 20.0 Å². The van der Waals surface area contributed by atoms with Crippen molar-refractivity contribution in [2.75, 3.05) is 18.0 Å². The largest absolute Gasteiger partial charge is 1.00 e. The number of para-hydroxylation sites is 3. The van der Waals surface area contributed by atoms with E-state index >= 15 is 0 Å². The van der Waals surface area contributed by atoms with E-state index in [1.165, 1.54) is 32.6 Å². The molecular weight excluding hydrogens is 557 g/mol. The number of fused-ring (bicyclic) bond motifs is 3. The minimum absolute atomic E-state index is 0. The molecular formula is C30H30IN5. The van der Waals surface area contributed by atoms with Crippen LogP contribution in [0.1, 0.15) is 19.4 Å². The smallest absolute Gasteiger partial charge is 0.272 e. The zero-order valence-corrected chi connectivity index (χ0v) is 23.0. The highest BCUT2D eigenvalue weighted by atomic mass is 127. The fourth-order valence-corrected chi connectivity index (χ4v) is 5.53. The van der Waals surface area contributed by atoms with Gasteiger partial charge in [0.25, 0.3) is 5.82 Å². The topological polar surface area (TPSA) is 38.4 Å². The van der Waals surface area contributed by atoms with Crippen LogP contribution in [0, 0.1) is 0 Å². The Morgan fingerprint density at radius 1 is 0.861 bits per heavy atom. The normalized spacial score (nSPS) is 17.1. The monoisotopic (exact) mass is 587 g/mol. The molecule has 0 aliphatic carbocycles. The molecule has 0 fully saturated rings. The summed E-state index contributed by atoms with van der Waals surface area (Å²) in [5, 5.41) is 1.27. The van der Waals surface area contributed by atoms with Gasteiger partial charge in [-0.05, 0) is 49.8 Å². The fourth-order valence-electron chi connectivity index (χ4n) is 5.53. The Hall–Kier alpha value is -3.23. The first-order chi connectivity index (χ1) is 17.2. The van der Waals surface area contributed by atoms with Gasteiger partial charge in [0.2, 0.25) is 5.82 Å². The van der Waals surface area contributed by atoms with E-state index in [0.717, 1.165) is 35.8 Å². The lowest BCUT2D eigenvalue weighted by Gasteiger charge is -2.23.